The van der Waals surface area contributed by atoms with Crippen molar-refractivity contribution in [1.29, 1.82) is 0 Å². The van der Waals surface area contributed by atoms with Gasteiger partial charge in [-0.05, 0) is 42.1 Å². The molecule has 2 amide bonds. The van der Waals surface area contributed by atoms with Gasteiger partial charge in [0.2, 0.25) is 0 Å². The van der Waals surface area contributed by atoms with Crippen LogP contribution < -0.4 is 9.64 Å². The van der Waals surface area contributed by atoms with E-state index in [1.807, 2.05) is 0 Å². The van der Waals surface area contributed by atoms with Crippen molar-refractivity contribution in [3.63, 3.8) is 0 Å². The van der Waals surface area contributed by atoms with E-state index in [4.69, 9.17) is 4.74 Å². The Labute approximate surface area is 163 Å². The molecule has 8 heteroatoms. The second-order valence-electron chi connectivity index (χ2n) is 5.70. The maximum Gasteiger partial charge on any atom is 0.416 e. The third kappa shape index (κ3) is 4.12. The molecule has 1 aliphatic rings. The summed E-state index contributed by atoms with van der Waals surface area (Å²) >= 11 is 0.659. The smallest absolute Gasteiger partial charge is 0.416 e. The number of benzene rings is 2. The number of hydrogen-bond acceptors (Lipinski definition) is 4. The van der Waals surface area contributed by atoms with Crippen LogP contribution in [-0.2, 0) is 11.0 Å². The van der Waals surface area contributed by atoms with Crippen LogP contribution in [0.2, 0.25) is 0 Å². The molecule has 28 heavy (non-hydrogen) atoms. The molecule has 0 unspecified atom stereocenters. The highest BCUT2D eigenvalue weighted by Gasteiger charge is 2.38. The summed E-state index contributed by atoms with van der Waals surface area (Å²) in [7, 11) is 0. The number of nitrogens with zero attached hydrogens (tertiary/aromatic N) is 1. The van der Waals surface area contributed by atoms with Crippen LogP contribution in [0.3, 0.4) is 0 Å². The Morgan fingerprint density at radius 1 is 1.11 bits per heavy atom. The summed E-state index contributed by atoms with van der Waals surface area (Å²) in [6.07, 6.45) is -1.52. The second kappa shape index (κ2) is 7.93. The van der Waals surface area contributed by atoms with Crippen molar-refractivity contribution in [3.8, 4) is 5.75 Å². The lowest BCUT2D eigenvalue weighted by atomic mass is 10.1. The summed E-state index contributed by atoms with van der Waals surface area (Å²) in [6, 6.07) is 11.0. The summed E-state index contributed by atoms with van der Waals surface area (Å²) in [5.74, 6) is -0.193. The van der Waals surface area contributed by atoms with E-state index >= 15 is 0 Å². The van der Waals surface area contributed by atoms with Crippen LogP contribution in [0.25, 0.3) is 6.08 Å². The molecule has 0 atom stereocenters. The van der Waals surface area contributed by atoms with Gasteiger partial charge in [-0.3, -0.25) is 9.59 Å². The second-order valence-corrected chi connectivity index (χ2v) is 6.70. The zero-order valence-corrected chi connectivity index (χ0v) is 15.2. The van der Waals surface area contributed by atoms with Gasteiger partial charge >= 0.3 is 6.18 Å². The summed E-state index contributed by atoms with van der Waals surface area (Å²) in [4.78, 5) is 25.8. The van der Waals surface area contributed by atoms with E-state index in [0.29, 0.717) is 23.1 Å². The van der Waals surface area contributed by atoms with E-state index in [1.165, 1.54) is 12.1 Å². The van der Waals surface area contributed by atoms with Gasteiger partial charge in [-0.15, -0.1) is 0 Å². The fourth-order valence-corrected chi connectivity index (χ4v) is 3.37. The van der Waals surface area contributed by atoms with Gasteiger partial charge in [0.1, 0.15) is 12.4 Å². The standard InChI is InChI=1S/C20H14F3NO3S/c1-2-10-27-16-9-4-3-6-13(16)11-17-18(25)24(19(26)28-17)15-8-5-7-14(12-15)20(21,22)23/h2-9,11-12H,1,10H2/b17-11-. The number of alkyl halides is 3. The molecule has 1 saturated heterocycles. The van der Waals surface area contributed by atoms with Crippen LogP contribution in [-0.4, -0.2) is 17.8 Å². The molecule has 1 aliphatic heterocycles. The van der Waals surface area contributed by atoms with Crippen LogP contribution in [0.15, 0.2) is 66.1 Å². The first-order valence-electron chi connectivity index (χ1n) is 8.09. The molecule has 0 bridgehead atoms. The van der Waals surface area contributed by atoms with Crippen LogP contribution in [0.5, 0.6) is 5.75 Å². The van der Waals surface area contributed by atoms with Crippen LogP contribution in [0.4, 0.5) is 23.7 Å². The number of carbonyl (C=O) groups excluding carboxylic acids is 2. The number of rotatable bonds is 5. The number of para-hydroxylation sites is 1. The third-order valence-corrected chi connectivity index (χ3v) is 4.66. The fraction of sp³-hybridized carbons (Fsp3) is 0.100. The lowest BCUT2D eigenvalue weighted by Gasteiger charge is -2.15. The number of carbonyl (C=O) groups is 2. The zero-order valence-electron chi connectivity index (χ0n) is 14.4. The molecule has 144 valence electrons. The van der Waals surface area contributed by atoms with Gasteiger partial charge in [0.05, 0.1) is 16.2 Å². The Morgan fingerprint density at radius 3 is 2.57 bits per heavy atom. The van der Waals surface area contributed by atoms with Gasteiger partial charge in [0, 0.05) is 5.56 Å². The van der Waals surface area contributed by atoms with E-state index < -0.39 is 22.9 Å². The normalized spacial score (nSPS) is 16.0. The van der Waals surface area contributed by atoms with Crippen molar-refractivity contribution in [2.75, 3.05) is 11.5 Å². The highest BCUT2D eigenvalue weighted by atomic mass is 32.2. The monoisotopic (exact) mass is 405 g/mol. The van der Waals surface area contributed by atoms with Gasteiger partial charge < -0.3 is 4.74 Å². The molecule has 0 aromatic heterocycles. The Morgan fingerprint density at radius 2 is 1.86 bits per heavy atom. The largest absolute Gasteiger partial charge is 0.489 e. The number of amides is 2. The Bertz CT molecular complexity index is 969. The van der Waals surface area contributed by atoms with Crippen molar-refractivity contribution in [1.82, 2.24) is 0 Å². The topological polar surface area (TPSA) is 46.6 Å². The average Bonchev–Trinajstić information content (AvgIpc) is 2.94. The minimum absolute atomic E-state index is 0.0945. The molecule has 2 aromatic rings. The van der Waals surface area contributed by atoms with Crippen molar-refractivity contribution < 1.29 is 27.5 Å². The Kier molecular flexibility index (Phi) is 5.60. The predicted octanol–water partition coefficient (Wildman–Crippen LogP) is 5.51. The molecular formula is C20H14F3NO3S. The summed E-state index contributed by atoms with van der Waals surface area (Å²) in [6.45, 7) is 3.83. The molecular weight excluding hydrogens is 391 g/mol. The summed E-state index contributed by atoms with van der Waals surface area (Å²) < 4.78 is 44.3. The van der Waals surface area contributed by atoms with E-state index in [2.05, 4.69) is 6.58 Å². The van der Waals surface area contributed by atoms with Gasteiger partial charge in [-0.2, -0.15) is 13.2 Å². The van der Waals surface area contributed by atoms with Crippen molar-refractivity contribution in [3.05, 3.63) is 77.2 Å². The van der Waals surface area contributed by atoms with Gasteiger partial charge in [-0.1, -0.05) is 36.9 Å². The molecule has 0 spiro atoms. The van der Waals surface area contributed by atoms with Gasteiger partial charge in [-0.25, -0.2) is 4.90 Å². The van der Waals surface area contributed by atoms with Gasteiger partial charge in [0.15, 0.2) is 0 Å². The molecule has 0 saturated carbocycles. The van der Waals surface area contributed by atoms with E-state index in [9.17, 15) is 22.8 Å². The predicted molar refractivity (Wildman–Crippen MR) is 102 cm³/mol. The quantitative estimate of drug-likeness (QED) is 0.486. The lowest BCUT2D eigenvalue weighted by Crippen LogP contribution is -2.28. The number of halogens is 3. The first-order chi connectivity index (χ1) is 13.3. The van der Waals surface area contributed by atoms with Crippen LogP contribution in [0.1, 0.15) is 11.1 Å². The molecule has 0 aliphatic carbocycles. The van der Waals surface area contributed by atoms with Crippen molar-refractivity contribution in [2.45, 2.75) is 6.18 Å². The molecule has 1 fully saturated rings. The van der Waals surface area contributed by atoms with Gasteiger partial charge in [0.25, 0.3) is 11.1 Å². The zero-order chi connectivity index (χ0) is 20.3. The first-order valence-corrected chi connectivity index (χ1v) is 8.91. The van der Waals surface area contributed by atoms with E-state index in [0.717, 1.165) is 23.1 Å². The minimum atomic E-state index is -4.57. The summed E-state index contributed by atoms with van der Waals surface area (Å²) in [5.41, 5.74) is -0.494. The van der Waals surface area contributed by atoms with E-state index in [-0.39, 0.29) is 17.2 Å². The molecule has 2 aromatic carbocycles. The molecule has 3 rings (SSSR count). The highest BCUT2D eigenvalue weighted by Crippen LogP contribution is 2.38. The third-order valence-electron chi connectivity index (χ3n) is 3.79. The molecule has 1 heterocycles. The summed E-state index contributed by atoms with van der Waals surface area (Å²) in [5, 5.41) is -0.667. The lowest BCUT2D eigenvalue weighted by molar-refractivity contribution is -0.137. The minimum Gasteiger partial charge on any atom is -0.489 e. The number of hydrogen-bond donors (Lipinski definition) is 0. The maximum atomic E-state index is 12.9. The van der Waals surface area contributed by atoms with Crippen molar-refractivity contribution in [2.24, 2.45) is 0 Å². The maximum absolute atomic E-state index is 12.9. The number of ether oxygens (including phenoxy) is 1. The highest BCUT2D eigenvalue weighted by molar-refractivity contribution is 8.19. The number of thioether (sulfide) groups is 1. The number of anilines is 1. The first kappa shape index (κ1) is 19.8. The fourth-order valence-electron chi connectivity index (χ4n) is 2.53. The molecule has 4 nitrogen and oxygen atoms in total. The molecule has 0 N–H and O–H groups in total. The average molecular weight is 405 g/mol. The van der Waals surface area contributed by atoms with Crippen LogP contribution >= 0.6 is 11.8 Å². The van der Waals surface area contributed by atoms with Crippen LogP contribution in [0, 0.1) is 0 Å². The SMILES string of the molecule is C=CCOc1ccccc1/C=C1\SC(=O)N(c2cccc(C(F)(F)F)c2)C1=O. The van der Waals surface area contributed by atoms with E-state index in [1.54, 1.807) is 30.3 Å². The Hall–Kier alpha value is -3.00. The Balaban J connectivity index is 1.93. The van der Waals surface area contributed by atoms with Crippen molar-refractivity contribution >= 4 is 34.7 Å². The molecule has 0 radical (unpaired) electrons. The number of imide groups is 1.